The average Bonchev–Trinajstić information content (AvgIpc) is 2.88. The molecule has 2 aromatic heterocycles. The van der Waals surface area contributed by atoms with Crippen LogP contribution in [0.2, 0.25) is 0 Å². The number of aryl methyl sites for hydroxylation is 2. The Hall–Kier alpha value is -0.780. The van der Waals surface area contributed by atoms with Crippen LogP contribution in [0, 0.1) is 6.92 Å². The zero-order valence-corrected chi connectivity index (χ0v) is 11.1. The quantitative estimate of drug-likeness (QED) is 0.890. The lowest BCUT2D eigenvalue weighted by molar-refractivity contribution is 0.688. The smallest absolute Gasteiger partial charge is 0.0925 e. The van der Waals surface area contributed by atoms with Crippen LogP contribution in [-0.4, -0.2) is 9.97 Å². The Morgan fingerprint density at radius 1 is 1.38 bits per heavy atom. The van der Waals surface area contributed by atoms with Crippen molar-refractivity contribution in [2.24, 2.45) is 0 Å². The first-order chi connectivity index (χ1) is 7.78. The highest BCUT2D eigenvalue weighted by molar-refractivity contribution is 7.11. The van der Waals surface area contributed by atoms with E-state index in [0.29, 0.717) is 0 Å². The summed E-state index contributed by atoms with van der Waals surface area (Å²) in [5.74, 6) is 0. The molecule has 0 aliphatic heterocycles. The van der Waals surface area contributed by atoms with Crippen molar-refractivity contribution in [3.63, 3.8) is 0 Å². The van der Waals surface area contributed by atoms with Gasteiger partial charge in [-0.15, -0.1) is 22.7 Å². The van der Waals surface area contributed by atoms with Crippen LogP contribution < -0.4 is 5.32 Å². The minimum absolute atomic E-state index is 0.837. The van der Waals surface area contributed by atoms with Crippen molar-refractivity contribution in [3.05, 3.63) is 32.2 Å². The van der Waals surface area contributed by atoms with E-state index in [-0.39, 0.29) is 0 Å². The zero-order valence-electron chi connectivity index (χ0n) is 9.49. The fraction of sp³-hybridized carbons (Fsp3) is 0.455. The van der Waals surface area contributed by atoms with Crippen molar-refractivity contribution < 1.29 is 0 Å². The van der Waals surface area contributed by atoms with Gasteiger partial charge in [0.05, 0.1) is 15.7 Å². The molecule has 5 heteroatoms. The maximum atomic E-state index is 4.41. The molecule has 3 nitrogen and oxygen atoms in total. The summed E-state index contributed by atoms with van der Waals surface area (Å²) >= 11 is 3.48. The summed E-state index contributed by atoms with van der Waals surface area (Å²) in [6.07, 6.45) is 2.98. The lowest BCUT2D eigenvalue weighted by atomic mass is 10.4. The van der Waals surface area contributed by atoms with Crippen molar-refractivity contribution in [1.29, 1.82) is 0 Å². The molecule has 2 aromatic rings. The third-order valence-corrected chi connectivity index (χ3v) is 4.14. The number of hydrogen-bond acceptors (Lipinski definition) is 5. The monoisotopic (exact) mass is 253 g/mol. The Bertz CT molecular complexity index is 448. The van der Waals surface area contributed by atoms with Gasteiger partial charge in [-0.05, 0) is 13.3 Å². The second-order valence-electron chi connectivity index (χ2n) is 3.54. The van der Waals surface area contributed by atoms with Gasteiger partial charge < -0.3 is 5.32 Å². The minimum Gasteiger partial charge on any atom is -0.306 e. The summed E-state index contributed by atoms with van der Waals surface area (Å²) < 4.78 is 0. The van der Waals surface area contributed by atoms with Crippen LogP contribution in [0.4, 0.5) is 0 Å². The van der Waals surface area contributed by atoms with Gasteiger partial charge in [-0.3, -0.25) is 0 Å². The summed E-state index contributed by atoms with van der Waals surface area (Å²) in [6.45, 7) is 5.89. The van der Waals surface area contributed by atoms with Crippen molar-refractivity contribution in [1.82, 2.24) is 15.3 Å². The van der Waals surface area contributed by atoms with E-state index in [4.69, 9.17) is 0 Å². The highest BCUT2D eigenvalue weighted by atomic mass is 32.1. The fourth-order valence-electron chi connectivity index (χ4n) is 1.40. The largest absolute Gasteiger partial charge is 0.306 e. The highest BCUT2D eigenvalue weighted by Gasteiger charge is 2.01. The topological polar surface area (TPSA) is 37.8 Å². The second kappa shape index (κ2) is 5.52. The molecule has 2 rings (SSSR count). The van der Waals surface area contributed by atoms with Crippen LogP contribution in [0.3, 0.4) is 0 Å². The Balaban J connectivity index is 1.79. The summed E-state index contributed by atoms with van der Waals surface area (Å²) in [7, 11) is 0. The number of hydrogen-bond donors (Lipinski definition) is 1. The molecular weight excluding hydrogens is 238 g/mol. The van der Waals surface area contributed by atoms with Crippen LogP contribution in [-0.2, 0) is 19.5 Å². The molecule has 0 radical (unpaired) electrons. The van der Waals surface area contributed by atoms with Gasteiger partial charge >= 0.3 is 0 Å². The molecule has 16 heavy (non-hydrogen) atoms. The average molecular weight is 253 g/mol. The van der Waals surface area contributed by atoms with E-state index in [0.717, 1.165) is 30.2 Å². The highest BCUT2D eigenvalue weighted by Crippen LogP contribution is 2.13. The van der Waals surface area contributed by atoms with Crippen molar-refractivity contribution in [3.8, 4) is 0 Å². The van der Waals surface area contributed by atoms with Gasteiger partial charge in [0.1, 0.15) is 0 Å². The molecule has 0 fully saturated rings. The number of aromatic nitrogens is 2. The van der Waals surface area contributed by atoms with E-state index in [9.17, 15) is 0 Å². The molecule has 86 valence electrons. The molecule has 0 saturated heterocycles. The second-order valence-corrected chi connectivity index (χ2v) is 5.80. The molecule has 1 N–H and O–H groups in total. The van der Waals surface area contributed by atoms with Crippen molar-refractivity contribution in [2.45, 2.75) is 33.4 Å². The van der Waals surface area contributed by atoms with Gasteiger partial charge in [-0.1, -0.05) is 6.92 Å². The first-order valence-corrected chi connectivity index (χ1v) is 7.03. The molecule has 0 aliphatic carbocycles. The lowest BCUT2D eigenvalue weighted by Gasteiger charge is -1.98. The summed E-state index contributed by atoms with van der Waals surface area (Å²) in [5.41, 5.74) is 1.13. The SMILES string of the molecule is CCc1ncc(CNCc2csc(C)n2)s1. The molecule has 0 aliphatic rings. The minimum atomic E-state index is 0.837. The van der Waals surface area contributed by atoms with Gasteiger partial charge in [-0.2, -0.15) is 0 Å². The van der Waals surface area contributed by atoms with Crippen LogP contribution in [0.25, 0.3) is 0 Å². The van der Waals surface area contributed by atoms with Crippen LogP contribution >= 0.6 is 22.7 Å². The molecule has 0 unspecified atom stereocenters. The number of rotatable bonds is 5. The van der Waals surface area contributed by atoms with E-state index in [2.05, 4.69) is 27.6 Å². The summed E-state index contributed by atoms with van der Waals surface area (Å²) in [4.78, 5) is 10.0. The first-order valence-electron chi connectivity index (χ1n) is 5.33. The molecule has 0 atom stereocenters. The van der Waals surface area contributed by atoms with E-state index in [1.807, 2.05) is 13.1 Å². The Labute approximate surface area is 104 Å². The predicted molar refractivity (Wildman–Crippen MR) is 68.9 cm³/mol. The van der Waals surface area contributed by atoms with Crippen molar-refractivity contribution in [2.75, 3.05) is 0 Å². The van der Waals surface area contributed by atoms with Gasteiger partial charge in [0.2, 0.25) is 0 Å². The van der Waals surface area contributed by atoms with Gasteiger partial charge in [0.15, 0.2) is 0 Å². The lowest BCUT2D eigenvalue weighted by Crippen LogP contribution is -2.11. The Morgan fingerprint density at radius 3 is 2.88 bits per heavy atom. The number of thiazole rings is 2. The maximum Gasteiger partial charge on any atom is 0.0925 e. The molecule has 0 aromatic carbocycles. The molecular formula is C11H15N3S2. The molecule has 0 bridgehead atoms. The number of nitrogens with one attached hydrogen (secondary N) is 1. The van der Waals surface area contributed by atoms with Crippen LogP contribution in [0.15, 0.2) is 11.6 Å². The third kappa shape index (κ3) is 3.10. The molecule has 0 spiro atoms. The zero-order chi connectivity index (χ0) is 11.4. The summed E-state index contributed by atoms with van der Waals surface area (Å²) in [6, 6.07) is 0. The summed E-state index contributed by atoms with van der Waals surface area (Å²) in [5, 5.41) is 7.82. The number of nitrogens with zero attached hydrogens (tertiary/aromatic N) is 2. The Morgan fingerprint density at radius 2 is 2.25 bits per heavy atom. The fourth-order valence-corrected chi connectivity index (χ4v) is 2.84. The Kier molecular flexibility index (Phi) is 4.04. The maximum absolute atomic E-state index is 4.41. The normalized spacial score (nSPS) is 10.9. The molecule has 0 amide bonds. The predicted octanol–water partition coefficient (Wildman–Crippen LogP) is 2.76. The first kappa shape index (κ1) is 11.7. The van der Waals surface area contributed by atoms with E-state index in [1.54, 1.807) is 22.7 Å². The van der Waals surface area contributed by atoms with E-state index >= 15 is 0 Å². The standard InChI is InChI=1S/C11H15N3S2/c1-3-11-13-6-10(16-11)5-12-4-9-7-15-8(2)14-9/h6-7,12H,3-5H2,1-2H3. The van der Waals surface area contributed by atoms with Crippen LogP contribution in [0.5, 0.6) is 0 Å². The van der Waals surface area contributed by atoms with Crippen LogP contribution in [0.1, 0.15) is 27.5 Å². The molecule has 2 heterocycles. The van der Waals surface area contributed by atoms with E-state index < -0.39 is 0 Å². The molecule has 0 saturated carbocycles. The van der Waals surface area contributed by atoms with Crippen molar-refractivity contribution >= 4 is 22.7 Å². The van der Waals surface area contributed by atoms with Gasteiger partial charge in [0, 0.05) is 29.5 Å². The van der Waals surface area contributed by atoms with Gasteiger partial charge in [0.25, 0.3) is 0 Å². The van der Waals surface area contributed by atoms with Gasteiger partial charge in [-0.25, -0.2) is 9.97 Å². The third-order valence-electron chi connectivity index (χ3n) is 2.18. The van der Waals surface area contributed by atoms with E-state index in [1.165, 1.54) is 9.88 Å².